The van der Waals surface area contributed by atoms with Gasteiger partial charge in [0, 0.05) is 32.2 Å². The monoisotopic (exact) mass is 211 g/mol. The summed E-state index contributed by atoms with van der Waals surface area (Å²) in [6, 6.07) is 0.827. The summed E-state index contributed by atoms with van der Waals surface area (Å²) in [5, 5.41) is 6.33. The van der Waals surface area contributed by atoms with E-state index in [1.807, 2.05) is 4.90 Å². The quantitative estimate of drug-likeness (QED) is 0.682. The summed E-state index contributed by atoms with van der Waals surface area (Å²) < 4.78 is 0. The minimum atomic E-state index is 0.0951. The lowest BCUT2D eigenvalue weighted by molar-refractivity contribution is 0.217. The number of urea groups is 1. The molecule has 2 N–H and O–H groups in total. The largest absolute Gasteiger partial charge is 0.336 e. The average molecular weight is 211 g/mol. The van der Waals surface area contributed by atoms with Gasteiger partial charge in [0.05, 0.1) is 0 Å². The molecule has 1 aliphatic heterocycles. The maximum Gasteiger partial charge on any atom is 0.317 e. The molecular weight excluding hydrogens is 190 g/mol. The number of carbonyl (C=O) groups is 1. The molecule has 0 bridgehead atoms. The molecule has 2 rings (SSSR count). The van der Waals surface area contributed by atoms with Crippen molar-refractivity contribution in [1.82, 2.24) is 15.5 Å². The Morgan fingerprint density at radius 1 is 1.60 bits per heavy atom. The van der Waals surface area contributed by atoms with Crippen molar-refractivity contribution in [3.63, 3.8) is 0 Å². The average Bonchev–Trinajstić information content (AvgIpc) is 2.82. The zero-order chi connectivity index (χ0) is 10.7. The minimum absolute atomic E-state index is 0.0951. The third-order valence-corrected chi connectivity index (χ3v) is 3.32. The Labute approximate surface area is 91.4 Å². The second-order valence-corrected chi connectivity index (χ2v) is 4.56. The van der Waals surface area contributed by atoms with Crippen molar-refractivity contribution in [2.24, 2.45) is 5.92 Å². The maximum atomic E-state index is 11.2. The van der Waals surface area contributed by atoms with E-state index >= 15 is 0 Å². The molecule has 4 heteroatoms. The lowest BCUT2D eigenvalue weighted by atomic mass is 10.2. The molecule has 0 aromatic rings. The van der Waals surface area contributed by atoms with Gasteiger partial charge in [-0.3, -0.25) is 0 Å². The third kappa shape index (κ3) is 2.84. The van der Waals surface area contributed by atoms with Gasteiger partial charge >= 0.3 is 6.03 Å². The van der Waals surface area contributed by atoms with Crippen LogP contribution < -0.4 is 10.6 Å². The molecule has 0 aromatic carbocycles. The van der Waals surface area contributed by atoms with Crippen LogP contribution in [-0.2, 0) is 0 Å². The predicted molar refractivity (Wildman–Crippen MR) is 59.8 cm³/mol. The number of hydrogen-bond acceptors (Lipinski definition) is 2. The molecule has 2 fully saturated rings. The van der Waals surface area contributed by atoms with Gasteiger partial charge in [0.1, 0.15) is 0 Å². The van der Waals surface area contributed by atoms with E-state index in [9.17, 15) is 4.79 Å². The highest BCUT2D eigenvalue weighted by molar-refractivity contribution is 5.76. The zero-order valence-corrected chi connectivity index (χ0v) is 9.46. The first-order chi connectivity index (χ1) is 7.31. The number of amides is 2. The summed E-state index contributed by atoms with van der Waals surface area (Å²) in [4.78, 5) is 13.1. The number of nitrogens with one attached hydrogen (secondary N) is 2. The van der Waals surface area contributed by atoms with Crippen molar-refractivity contribution >= 4 is 6.03 Å². The molecule has 0 radical (unpaired) electrons. The van der Waals surface area contributed by atoms with E-state index in [-0.39, 0.29) is 6.03 Å². The highest BCUT2D eigenvalue weighted by atomic mass is 16.2. The Hall–Kier alpha value is -0.770. The molecule has 15 heavy (non-hydrogen) atoms. The van der Waals surface area contributed by atoms with Gasteiger partial charge < -0.3 is 15.5 Å². The van der Waals surface area contributed by atoms with Crippen LogP contribution in [0.3, 0.4) is 0 Å². The van der Waals surface area contributed by atoms with E-state index in [2.05, 4.69) is 17.6 Å². The van der Waals surface area contributed by atoms with Crippen molar-refractivity contribution in [2.75, 3.05) is 26.2 Å². The normalized spacial score (nSPS) is 29.4. The lowest BCUT2D eigenvalue weighted by Gasteiger charge is -2.14. The highest BCUT2D eigenvalue weighted by Crippen LogP contribution is 2.34. The molecule has 2 atom stereocenters. The van der Waals surface area contributed by atoms with E-state index in [1.165, 1.54) is 19.3 Å². The second kappa shape index (κ2) is 4.84. The van der Waals surface area contributed by atoms with E-state index in [0.29, 0.717) is 0 Å². The molecular formula is C11H21N3O. The van der Waals surface area contributed by atoms with Crippen molar-refractivity contribution in [1.29, 1.82) is 0 Å². The van der Waals surface area contributed by atoms with Crippen molar-refractivity contribution in [3.8, 4) is 0 Å². The Morgan fingerprint density at radius 2 is 2.47 bits per heavy atom. The summed E-state index contributed by atoms with van der Waals surface area (Å²) in [6.45, 7) is 5.70. The molecule has 4 nitrogen and oxygen atoms in total. The highest BCUT2D eigenvalue weighted by Gasteiger charge is 2.35. The van der Waals surface area contributed by atoms with Gasteiger partial charge in [0.2, 0.25) is 0 Å². The molecule has 2 unspecified atom stereocenters. The molecule has 1 heterocycles. The number of rotatable bonds is 6. The molecule has 1 saturated heterocycles. The zero-order valence-electron chi connectivity index (χ0n) is 9.46. The predicted octanol–water partition coefficient (Wildman–Crippen LogP) is 0.790. The van der Waals surface area contributed by atoms with Crippen molar-refractivity contribution in [2.45, 2.75) is 32.2 Å². The standard InChI is InChI=1S/C11H21N3O/c1-2-3-9-8-10(9)12-4-6-14-7-5-13-11(14)15/h9-10,12H,2-8H2,1H3,(H,13,15). The summed E-state index contributed by atoms with van der Waals surface area (Å²) in [6.07, 6.45) is 3.97. The number of nitrogens with zero attached hydrogens (tertiary/aromatic N) is 1. The van der Waals surface area contributed by atoms with Crippen LogP contribution in [0.5, 0.6) is 0 Å². The SMILES string of the molecule is CCCC1CC1NCCN1CCNC1=O. The summed E-state index contributed by atoms with van der Waals surface area (Å²) >= 11 is 0. The van der Waals surface area contributed by atoms with Gasteiger partial charge in [-0.15, -0.1) is 0 Å². The Kier molecular flexibility index (Phi) is 3.46. The Balaban J connectivity index is 1.54. The third-order valence-electron chi connectivity index (χ3n) is 3.32. The van der Waals surface area contributed by atoms with Crippen LogP contribution in [0.15, 0.2) is 0 Å². The second-order valence-electron chi connectivity index (χ2n) is 4.56. The lowest BCUT2D eigenvalue weighted by Crippen LogP contribution is -2.35. The van der Waals surface area contributed by atoms with E-state index in [0.717, 1.165) is 38.1 Å². The van der Waals surface area contributed by atoms with Crippen LogP contribution in [0.2, 0.25) is 0 Å². The summed E-state index contributed by atoms with van der Waals surface area (Å²) in [5.74, 6) is 0.905. The number of carbonyl (C=O) groups excluding carboxylic acids is 1. The van der Waals surface area contributed by atoms with Gasteiger partial charge in [-0.05, 0) is 18.8 Å². The molecule has 1 saturated carbocycles. The van der Waals surface area contributed by atoms with E-state index in [1.54, 1.807) is 0 Å². The van der Waals surface area contributed by atoms with Gasteiger partial charge in [-0.1, -0.05) is 13.3 Å². The Bertz CT molecular complexity index is 232. The van der Waals surface area contributed by atoms with Crippen LogP contribution in [0.4, 0.5) is 4.79 Å². The first-order valence-corrected chi connectivity index (χ1v) is 6.07. The van der Waals surface area contributed by atoms with Crippen LogP contribution >= 0.6 is 0 Å². The summed E-state index contributed by atoms with van der Waals surface area (Å²) in [7, 11) is 0. The Morgan fingerprint density at radius 3 is 3.13 bits per heavy atom. The smallest absolute Gasteiger partial charge is 0.317 e. The fraction of sp³-hybridized carbons (Fsp3) is 0.909. The van der Waals surface area contributed by atoms with Crippen molar-refractivity contribution in [3.05, 3.63) is 0 Å². The van der Waals surface area contributed by atoms with E-state index < -0.39 is 0 Å². The first kappa shape index (κ1) is 10.7. The molecule has 1 aliphatic carbocycles. The molecule has 86 valence electrons. The van der Waals surface area contributed by atoms with Crippen LogP contribution in [0.25, 0.3) is 0 Å². The molecule has 0 spiro atoms. The first-order valence-electron chi connectivity index (χ1n) is 6.07. The van der Waals surface area contributed by atoms with Gasteiger partial charge in [-0.2, -0.15) is 0 Å². The van der Waals surface area contributed by atoms with Gasteiger partial charge in [0.25, 0.3) is 0 Å². The van der Waals surface area contributed by atoms with Gasteiger partial charge in [0.15, 0.2) is 0 Å². The molecule has 2 amide bonds. The number of hydrogen-bond donors (Lipinski definition) is 2. The maximum absolute atomic E-state index is 11.2. The minimum Gasteiger partial charge on any atom is -0.336 e. The van der Waals surface area contributed by atoms with E-state index in [4.69, 9.17) is 0 Å². The van der Waals surface area contributed by atoms with Crippen molar-refractivity contribution < 1.29 is 4.79 Å². The molecule has 0 aromatic heterocycles. The fourth-order valence-corrected chi connectivity index (χ4v) is 2.30. The van der Waals surface area contributed by atoms with Crippen LogP contribution in [0.1, 0.15) is 26.2 Å². The summed E-state index contributed by atoms with van der Waals surface area (Å²) in [5.41, 5.74) is 0. The topological polar surface area (TPSA) is 44.4 Å². The van der Waals surface area contributed by atoms with Crippen LogP contribution in [-0.4, -0.2) is 43.2 Å². The molecule has 2 aliphatic rings. The van der Waals surface area contributed by atoms with Gasteiger partial charge in [-0.25, -0.2) is 4.79 Å². The fourth-order valence-electron chi connectivity index (χ4n) is 2.30. The van der Waals surface area contributed by atoms with Crippen LogP contribution in [0, 0.1) is 5.92 Å².